The number of halogens is 3. The van der Waals surface area contributed by atoms with E-state index in [2.05, 4.69) is 15.7 Å². The molecule has 0 bridgehead atoms. The minimum atomic E-state index is -0.940. The van der Waals surface area contributed by atoms with Gasteiger partial charge in [-0.05, 0) is 42.8 Å². The summed E-state index contributed by atoms with van der Waals surface area (Å²) in [4.78, 5) is 12.8. The second-order valence-corrected chi connectivity index (χ2v) is 7.85. The number of carbonyl (C=O) groups is 1. The van der Waals surface area contributed by atoms with E-state index in [0.29, 0.717) is 41.9 Å². The number of amides is 1. The van der Waals surface area contributed by atoms with Gasteiger partial charge in [-0.2, -0.15) is 5.10 Å². The van der Waals surface area contributed by atoms with Crippen molar-refractivity contribution < 1.29 is 23.1 Å². The molecule has 0 aliphatic carbocycles. The highest BCUT2D eigenvalue weighted by atomic mass is 19.2. The number of aryl methyl sites for hydroxylation is 1. The highest BCUT2D eigenvalue weighted by Gasteiger charge is 2.29. The molecule has 1 amide bonds. The summed E-state index contributed by atoms with van der Waals surface area (Å²) >= 11 is 0. The highest BCUT2D eigenvalue weighted by molar-refractivity contribution is 5.95. The first-order valence-corrected chi connectivity index (χ1v) is 10.3. The van der Waals surface area contributed by atoms with E-state index in [0.717, 1.165) is 12.1 Å². The van der Waals surface area contributed by atoms with Crippen LogP contribution >= 0.6 is 0 Å². The summed E-state index contributed by atoms with van der Waals surface area (Å²) in [6.07, 6.45) is 2.12. The van der Waals surface area contributed by atoms with Crippen LogP contribution in [0.25, 0.3) is 11.3 Å². The van der Waals surface area contributed by atoms with E-state index in [9.17, 15) is 23.1 Å². The Morgan fingerprint density at radius 1 is 1.19 bits per heavy atom. The normalized spacial score (nSPS) is 18.5. The van der Waals surface area contributed by atoms with E-state index in [4.69, 9.17) is 0 Å². The lowest BCUT2D eigenvalue weighted by Gasteiger charge is -2.33. The Bertz CT molecular complexity index is 1150. The number of carbonyl (C=O) groups excluding carboxylic acids is 1. The third-order valence-corrected chi connectivity index (χ3v) is 5.84. The minimum absolute atomic E-state index is 0.129. The molecule has 1 aliphatic rings. The van der Waals surface area contributed by atoms with Crippen LogP contribution in [0.2, 0.25) is 0 Å². The molecule has 1 fully saturated rings. The van der Waals surface area contributed by atoms with Crippen molar-refractivity contribution in [1.82, 2.24) is 20.4 Å². The first kappa shape index (κ1) is 22.0. The maximum Gasteiger partial charge on any atom is 0.254 e. The maximum atomic E-state index is 14.9. The zero-order valence-corrected chi connectivity index (χ0v) is 17.4. The zero-order chi connectivity index (χ0) is 22.8. The number of rotatable bonds is 5. The van der Waals surface area contributed by atoms with E-state index >= 15 is 0 Å². The Morgan fingerprint density at radius 3 is 2.72 bits per heavy atom. The SMILES string of the molecule is Cn1ncc(CO)c1-c1ccc(C(=O)N[C@@H]2CNCC[C@H]2c2ccc(F)c(F)c2)c(F)c1. The molecule has 32 heavy (non-hydrogen) atoms. The maximum absolute atomic E-state index is 14.9. The highest BCUT2D eigenvalue weighted by Crippen LogP contribution is 2.28. The van der Waals surface area contributed by atoms with Crippen LogP contribution in [0.4, 0.5) is 13.2 Å². The molecule has 0 radical (unpaired) electrons. The summed E-state index contributed by atoms with van der Waals surface area (Å²) in [5.74, 6) is -3.41. The van der Waals surface area contributed by atoms with Gasteiger partial charge in [-0.1, -0.05) is 12.1 Å². The Balaban J connectivity index is 1.56. The van der Waals surface area contributed by atoms with Gasteiger partial charge in [0.05, 0.1) is 24.1 Å². The third kappa shape index (κ3) is 4.26. The third-order valence-electron chi connectivity index (χ3n) is 5.84. The lowest BCUT2D eigenvalue weighted by Crippen LogP contribution is -2.50. The summed E-state index contributed by atoms with van der Waals surface area (Å²) in [6, 6.07) is 7.53. The molecule has 2 atom stereocenters. The number of benzene rings is 2. The van der Waals surface area contributed by atoms with Crippen molar-refractivity contribution in [3.63, 3.8) is 0 Å². The zero-order valence-electron chi connectivity index (χ0n) is 17.4. The van der Waals surface area contributed by atoms with Crippen LogP contribution in [0.3, 0.4) is 0 Å². The Labute approximate surface area is 183 Å². The van der Waals surface area contributed by atoms with Crippen LogP contribution in [-0.4, -0.2) is 39.9 Å². The molecule has 3 aromatic rings. The van der Waals surface area contributed by atoms with Crippen molar-refractivity contribution in [3.8, 4) is 11.3 Å². The molecule has 1 aromatic heterocycles. The van der Waals surface area contributed by atoms with Crippen molar-refractivity contribution in [3.05, 3.63) is 76.7 Å². The van der Waals surface area contributed by atoms with Gasteiger partial charge in [0.1, 0.15) is 5.82 Å². The smallest absolute Gasteiger partial charge is 0.254 e. The van der Waals surface area contributed by atoms with E-state index in [1.165, 1.54) is 29.1 Å². The number of aliphatic hydroxyl groups excluding tert-OH is 1. The number of nitrogens with one attached hydrogen (secondary N) is 2. The van der Waals surface area contributed by atoms with E-state index in [-0.39, 0.29) is 18.1 Å². The first-order valence-electron chi connectivity index (χ1n) is 10.3. The second kappa shape index (κ2) is 9.13. The van der Waals surface area contributed by atoms with Crippen LogP contribution in [-0.2, 0) is 13.7 Å². The number of aromatic nitrogens is 2. The van der Waals surface area contributed by atoms with Gasteiger partial charge in [-0.25, -0.2) is 13.2 Å². The molecule has 1 saturated heterocycles. The van der Waals surface area contributed by atoms with Crippen LogP contribution in [0.15, 0.2) is 42.6 Å². The monoisotopic (exact) mass is 444 g/mol. The summed E-state index contributed by atoms with van der Waals surface area (Å²) in [6.45, 7) is 0.841. The van der Waals surface area contributed by atoms with Crippen LogP contribution in [0, 0.1) is 17.5 Å². The van der Waals surface area contributed by atoms with Gasteiger partial charge in [-0.15, -0.1) is 0 Å². The first-order chi connectivity index (χ1) is 15.4. The molecule has 4 rings (SSSR count). The lowest BCUT2D eigenvalue weighted by atomic mass is 9.85. The Morgan fingerprint density at radius 2 is 2.00 bits per heavy atom. The van der Waals surface area contributed by atoms with Crippen LogP contribution in [0.5, 0.6) is 0 Å². The molecular formula is C23H23F3N4O2. The largest absolute Gasteiger partial charge is 0.392 e. The molecule has 6 nitrogen and oxygen atoms in total. The molecule has 168 valence electrons. The number of hydrogen-bond acceptors (Lipinski definition) is 4. The lowest BCUT2D eigenvalue weighted by molar-refractivity contribution is 0.0920. The predicted molar refractivity (Wildman–Crippen MR) is 112 cm³/mol. The minimum Gasteiger partial charge on any atom is -0.392 e. The molecule has 0 spiro atoms. The fraction of sp³-hybridized carbons (Fsp3) is 0.304. The topological polar surface area (TPSA) is 79.2 Å². The standard InChI is InChI=1S/C23H23F3N4O2/c1-30-22(15(12-31)10-28-30)14-2-4-17(19(25)9-14)23(32)29-21-11-27-7-6-16(21)13-3-5-18(24)20(26)8-13/h2-5,8-10,16,21,27,31H,6-7,11-12H2,1H3,(H,29,32)/t16-,21+/m0/s1. The van der Waals surface area contributed by atoms with Gasteiger partial charge in [-0.3, -0.25) is 9.48 Å². The van der Waals surface area contributed by atoms with Gasteiger partial charge in [0.15, 0.2) is 11.6 Å². The van der Waals surface area contributed by atoms with Gasteiger partial charge >= 0.3 is 0 Å². The van der Waals surface area contributed by atoms with Crippen molar-refractivity contribution in [2.24, 2.45) is 7.05 Å². The quantitative estimate of drug-likeness (QED) is 0.566. The van der Waals surface area contributed by atoms with E-state index in [1.54, 1.807) is 13.1 Å². The van der Waals surface area contributed by atoms with Gasteiger partial charge < -0.3 is 15.7 Å². The van der Waals surface area contributed by atoms with Gasteiger partial charge in [0.25, 0.3) is 5.91 Å². The Hall–Kier alpha value is -3.17. The Kier molecular flexibility index (Phi) is 6.29. The van der Waals surface area contributed by atoms with Crippen LogP contribution in [0.1, 0.15) is 33.8 Å². The number of piperidine rings is 1. The predicted octanol–water partition coefficient (Wildman–Crippen LogP) is 2.87. The summed E-state index contributed by atoms with van der Waals surface area (Å²) in [5.41, 5.74) is 2.05. The molecule has 1 aliphatic heterocycles. The van der Waals surface area contributed by atoms with E-state index in [1.807, 2.05) is 0 Å². The number of hydrogen-bond donors (Lipinski definition) is 3. The molecule has 0 unspecified atom stereocenters. The average Bonchev–Trinajstić information content (AvgIpc) is 3.16. The number of nitrogens with zero attached hydrogens (tertiary/aromatic N) is 2. The van der Waals surface area contributed by atoms with Crippen molar-refractivity contribution >= 4 is 5.91 Å². The molecular weight excluding hydrogens is 421 g/mol. The summed E-state index contributed by atoms with van der Waals surface area (Å²) in [7, 11) is 1.68. The van der Waals surface area contributed by atoms with Crippen molar-refractivity contribution in [1.29, 1.82) is 0 Å². The molecule has 9 heteroatoms. The van der Waals surface area contributed by atoms with Crippen molar-refractivity contribution in [2.45, 2.75) is 25.0 Å². The molecule has 0 saturated carbocycles. The molecule has 2 aromatic carbocycles. The fourth-order valence-electron chi connectivity index (χ4n) is 4.22. The fourth-order valence-corrected chi connectivity index (χ4v) is 4.22. The molecule has 2 heterocycles. The number of aliphatic hydroxyl groups is 1. The van der Waals surface area contributed by atoms with Crippen molar-refractivity contribution in [2.75, 3.05) is 13.1 Å². The van der Waals surface area contributed by atoms with Gasteiger partial charge in [0, 0.05) is 36.7 Å². The average molecular weight is 444 g/mol. The second-order valence-electron chi connectivity index (χ2n) is 7.85. The summed E-state index contributed by atoms with van der Waals surface area (Å²) in [5, 5.41) is 19.6. The summed E-state index contributed by atoms with van der Waals surface area (Å²) < 4.78 is 43.5. The van der Waals surface area contributed by atoms with Crippen LogP contribution < -0.4 is 10.6 Å². The molecule has 3 N–H and O–H groups in total. The van der Waals surface area contributed by atoms with Gasteiger partial charge in [0.2, 0.25) is 0 Å². The van der Waals surface area contributed by atoms with E-state index < -0.39 is 29.4 Å².